The second kappa shape index (κ2) is 5.91. The van der Waals surface area contributed by atoms with E-state index in [1.807, 2.05) is 6.92 Å². The molecule has 1 aliphatic heterocycles. The smallest absolute Gasteiger partial charge is 0.191 e. The third kappa shape index (κ3) is 4.48. The van der Waals surface area contributed by atoms with E-state index in [1.165, 1.54) is 12.8 Å². The predicted octanol–water partition coefficient (Wildman–Crippen LogP) is 0.386. The van der Waals surface area contributed by atoms with Crippen molar-refractivity contribution in [3.63, 3.8) is 0 Å². The van der Waals surface area contributed by atoms with E-state index in [2.05, 4.69) is 15.6 Å². The van der Waals surface area contributed by atoms with Crippen LogP contribution < -0.4 is 10.6 Å². The highest BCUT2D eigenvalue weighted by molar-refractivity contribution is 7.91. The summed E-state index contributed by atoms with van der Waals surface area (Å²) in [5.74, 6) is 2.47. The summed E-state index contributed by atoms with van der Waals surface area (Å²) in [6.07, 6.45) is 3.38. The highest BCUT2D eigenvalue weighted by atomic mass is 32.2. The molecule has 1 saturated carbocycles. The number of sulfone groups is 1. The van der Waals surface area contributed by atoms with Crippen molar-refractivity contribution >= 4 is 15.8 Å². The first-order valence-corrected chi connectivity index (χ1v) is 8.64. The SMILES string of the molecule is CCNC(=NCC1CCS(=O)(=O)C1)NCC1CC1. The first-order valence-electron chi connectivity index (χ1n) is 6.81. The van der Waals surface area contributed by atoms with Gasteiger partial charge in [-0.05, 0) is 38.0 Å². The van der Waals surface area contributed by atoms with Gasteiger partial charge in [-0.25, -0.2) is 8.42 Å². The van der Waals surface area contributed by atoms with Crippen molar-refractivity contribution in [3.05, 3.63) is 0 Å². The Morgan fingerprint density at radius 2 is 2.00 bits per heavy atom. The maximum absolute atomic E-state index is 11.4. The van der Waals surface area contributed by atoms with Crippen molar-refractivity contribution in [2.45, 2.75) is 26.2 Å². The molecular weight excluding hydrogens is 250 g/mol. The molecule has 1 saturated heterocycles. The van der Waals surface area contributed by atoms with Crippen LogP contribution in [0.15, 0.2) is 4.99 Å². The molecular formula is C12H23N3O2S. The summed E-state index contributed by atoms with van der Waals surface area (Å²) in [5.41, 5.74) is 0. The minimum Gasteiger partial charge on any atom is -0.357 e. The number of aliphatic imine (C=N–C) groups is 1. The number of hydrogen-bond donors (Lipinski definition) is 2. The lowest BCUT2D eigenvalue weighted by Crippen LogP contribution is -2.38. The maximum Gasteiger partial charge on any atom is 0.191 e. The average Bonchev–Trinajstić information content (AvgIpc) is 3.07. The van der Waals surface area contributed by atoms with Crippen molar-refractivity contribution in [1.82, 2.24) is 10.6 Å². The minimum absolute atomic E-state index is 0.200. The Hall–Kier alpha value is -0.780. The van der Waals surface area contributed by atoms with Crippen LogP contribution in [0.3, 0.4) is 0 Å². The number of nitrogens with one attached hydrogen (secondary N) is 2. The zero-order valence-electron chi connectivity index (χ0n) is 11.0. The molecule has 1 heterocycles. The van der Waals surface area contributed by atoms with Crippen molar-refractivity contribution < 1.29 is 8.42 Å². The monoisotopic (exact) mass is 273 g/mol. The standard InChI is InChI=1S/C12H23N3O2S/c1-2-13-12(14-7-10-3-4-10)15-8-11-5-6-18(16,17)9-11/h10-11H,2-9H2,1H3,(H2,13,14,15). The molecule has 1 aliphatic carbocycles. The van der Waals surface area contributed by atoms with Gasteiger partial charge in [0.05, 0.1) is 11.5 Å². The van der Waals surface area contributed by atoms with Crippen molar-refractivity contribution in [3.8, 4) is 0 Å². The molecule has 2 rings (SSSR count). The molecule has 18 heavy (non-hydrogen) atoms. The lowest BCUT2D eigenvalue weighted by molar-refractivity contribution is 0.589. The molecule has 5 nitrogen and oxygen atoms in total. The summed E-state index contributed by atoms with van der Waals surface area (Å²) in [7, 11) is -2.78. The predicted molar refractivity (Wildman–Crippen MR) is 73.5 cm³/mol. The normalized spacial score (nSPS) is 27.2. The van der Waals surface area contributed by atoms with Crippen LogP contribution in [0.1, 0.15) is 26.2 Å². The third-order valence-corrected chi connectivity index (χ3v) is 5.27. The molecule has 0 aromatic rings. The van der Waals surface area contributed by atoms with Gasteiger partial charge in [0, 0.05) is 19.6 Å². The Bertz CT molecular complexity index is 402. The van der Waals surface area contributed by atoms with E-state index in [0.717, 1.165) is 31.4 Å². The molecule has 2 fully saturated rings. The molecule has 2 N–H and O–H groups in total. The van der Waals surface area contributed by atoms with E-state index in [-0.39, 0.29) is 5.92 Å². The van der Waals surface area contributed by atoms with Crippen LogP contribution in [0, 0.1) is 11.8 Å². The van der Waals surface area contributed by atoms with E-state index >= 15 is 0 Å². The summed E-state index contributed by atoms with van der Waals surface area (Å²) in [5, 5.41) is 6.52. The van der Waals surface area contributed by atoms with Crippen molar-refractivity contribution in [2.75, 3.05) is 31.1 Å². The van der Waals surface area contributed by atoms with Gasteiger partial charge < -0.3 is 10.6 Å². The first kappa shape index (κ1) is 13.6. The quantitative estimate of drug-likeness (QED) is 0.561. The zero-order valence-corrected chi connectivity index (χ0v) is 11.8. The Labute approximate surface area is 109 Å². The van der Waals surface area contributed by atoms with Gasteiger partial charge in [-0.3, -0.25) is 4.99 Å². The topological polar surface area (TPSA) is 70.6 Å². The van der Waals surface area contributed by atoms with Crippen LogP contribution in [0.4, 0.5) is 0 Å². The Morgan fingerprint density at radius 3 is 2.56 bits per heavy atom. The van der Waals surface area contributed by atoms with Crippen LogP contribution in [-0.2, 0) is 9.84 Å². The van der Waals surface area contributed by atoms with Crippen LogP contribution in [0.25, 0.3) is 0 Å². The molecule has 0 spiro atoms. The van der Waals surface area contributed by atoms with Gasteiger partial charge in [-0.15, -0.1) is 0 Å². The average molecular weight is 273 g/mol. The molecule has 104 valence electrons. The van der Waals surface area contributed by atoms with Gasteiger partial charge >= 0.3 is 0 Å². The number of hydrogen-bond acceptors (Lipinski definition) is 3. The van der Waals surface area contributed by atoms with Crippen molar-refractivity contribution in [2.24, 2.45) is 16.8 Å². The summed E-state index contributed by atoms with van der Waals surface area (Å²) < 4.78 is 22.7. The third-order valence-electron chi connectivity index (χ3n) is 3.43. The molecule has 2 aliphatic rings. The second-order valence-corrected chi connectivity index (χ2v) is 7.54. The summed E-state index contributed by atoms with van der Waals surface area (Å²) >= 11 is 0. The molecule has 0 aromatic heterocycles. The van der Waals surface area contributed by atoms with Gasteiger partial charge in [0.15, 0.2) is 15.8 Å². The molecule has 0 bridgehead atoms. The van der Waals surface area contributed by atoms with Gasteiger partial charge in [0.2, 0.25) is 0 Å². The summed E-state index contributed by atoms with van der Waals surface area (Å²) in [4.78, 5) is 4.49. The Balaban J connectivity index is 1.79. The van der Waals surface area contributed by atoms with E-state index in [0.29, 0.717) is 18.1 Å². The Kier molecular flexibility index (Phi) is 4.48. The molecule has 1 atom stereocenters. The lowest BCUT2D eigenvalue weighted by atomic mass is 10.1. The second-order valence-electron chi connectivity index (χ2n) is 5.31. The maximum atomic E-state index is 11.4. The zero-order chi connectivity index (χ0) is 13.0. The number of nitrogens with zero attached hydrogens (tertiary/aromatic N) is 1. The fourth-order valence-electron chi connectivity index (χ4n) is 2.14. The largest absolute Gasteiger partial charge is 0.357 e. The van der Waals surface area contributed by atoms with Crippen molar-refractivity contribution in [1.29, 1.82) is 0 Å². The van der Waals surface area contributed by atoms with Gasteiger partial charge in [-0.2, -0.15) is 0 Å². The number of guanidine groups is 1. The van der Waals surface area contributed by atoms with Crippen LogP contribution in [0.2, 0.25) is 0 Å². The Morgan fingerprint density at radius 1 is 1.22 bits per heavy atom. The summed E-state index contributed by atoms with van der Waals surface area (Å²) in [6, 6.07) is 0. The first-order chi connectivity index (χ1) is 8.59. The van der Waals surface area contributed by atoms with Crippen LogP contribution in [-0.4, -0.2) is 45.5 Å². The highest BCUT2D eigenvalue weighted by Crippen LogP contribution is 2.27. The minimum atomic E-state index is -2.78. The van der Waals surface area contributed by atoms with Gasteiger partial charge in [0.25, 0.3) is 0 Å². The van der Waals surface area contributed by atoms with E-state index in [4.69, 9.17) is 0 Å². The highest BCUT2D eigenvalue weighted by Gasteiger charge is 2.27. The fourth-order valence-corrected chi connectivity index (χ4v) is 3.99. The lowest BCUT2D eigenvalue weighted by Gasteiger charge is -2.12. The van der Waals surface area contributed by atoms with E-state index < -0.39 is 9.84 Å². The molecule has 0 aromatic carbocycles. The fraction of sp³-hybridized carbons (Fsp3) is 0.917. The van der Waals surface area contributed by atoms with Crippen LogP contribution in [0.5, 0.6) is 0 Å². The summed E-state index contributed by atoms with van der Waals surface area (Å²) in [6.45, 7) is 4.46. The molecule has 0 radical (unpaired) electrons. The van der Waals surface area contributed by atoms with Gasteiger partial charge in [0.1, 0.15) is 0 Å². The molecule has 6 heteroatoms. The van der Waals surface area contributed by atoms with Gasteiger partial charge in [-0.1, -0.05) is 0 Å². The van der Waals surface area contributed by atoms with E-state index in [1.54, 1.807) is 0 Å². The van der Waals surface area contributed by atoms with Crippen LogP contribution >= 0.6 is 0 Å². The number of rotatable bonds is 5. The van der Waals surface area contributed by atoms with E-state index in [9.17, 15) is 8.42 Å². The molecule has 1 unspecified atom stereocenters. The molecule has 0 amide bonds.